The van der Waals surface area contributed by atoms with Gasteiger partial charge in [-0.3, -0.25) is 0 Å². The summed E-state index contributed by atoms with van der Waals surface area (Å²) in [4.78, 5) is 0. The Kier molecular flexibility index (Phi) is 6.21. The summed E-state index contributed by atoms with van der Waals surface area (Å²) in [6.45, 7) is 0. The maximum absolute atomic E-state index is 10.5. The highest BCUT2D eigenvalue weighted by atomic mass is 16.5. The van der Waals surface area contributed by atoms with Crippen molar-refractivity contribution in [2.75, 3.05) is 7.11 Å². The molecule has 6 bridgehead atoms. The van der Waals surface area contributed by atoms with Gasteiger partial charge in [0.05, 0.1) is 6.10 Å². The van der Waals surface area contributed by atoms with Gasteiger partial charge in [0.15, 0.2) is 23.0 Å². The van der Waals surface area contributed by atoms with Crippen molar-refractivity contribution in [3.05, 3.63) is 101 Å². The molecule has 1 atom stereocenters. The summed E-state index contributed by atoms with van der Waals surface area (Å²) < 4.78 is 17.8. The molecule has 0 unspecified atom stereocenters. The average molecular weight is 471 g/mol. The zero-order chi connectivity index (χ0) is 24.4. The van der Waals surface area contributed by atoms with Crippen LogP contribution in [0.2, 0.25) is 0 Å². The number of aromatic hydroxyl groups is 3. The number of phenols is 3. The molecule has 0 fully saturated rings. The number of methoxy groups -OCH3 is 1. The number of rotatable bonds is 1. The van der Waals surface area contributed by atoms with Gasteiger partial charge in [0, 0.05) is 13.5 Å². The molecule has 0 amide bonds. The molecule has 2 aliphatic rings. The van der Waals surface area contributed by atoms with Crippen molar-refractivity contribution in [1.29, 1.82) is 0 Å². The minimum Gasteiger partial charge on any atom is -0.504 e. The lowest BCUT2D eigenvalue weighted by atomic mass is 10.00. The fourth-order valence-electron chi connectivity index (χ4n) is 4.30. The SMILES string of the molecule is CO[C@H]1Cc2cccc(c2)Oc2c(O)cccc2CCc2ccc(cc2)Oc2cc1cc(O)c2O. The molecule has 0 spiro atoms. The van der Waals surface area contributed by atoms with Gasteiger partial charge in [-0.2, -0.15) is 0 Å². The largest absolute Gasteiger partial charge is 0.504 e. The maximum Gasteiger partial charge on any atom is 0.201 e. The minimum absolute atomic E-state index is 0.0907. The molecule has 0 saturated heterocycles. The zero-order valence-corrected chi connectivity index (χ0v) is 19.3. The molecule has 0 aromatic heterocycles. The van der Waals surface area contributed by atoms with Crippen molar-refractivity contribution < 1.29 is 29.5 Å². The third-order valence-corrected chi connectivity index (χ3v) is 6.18. The van der Waals surface area contributed by atoms with Gasteiger partial charge in [0.25, 0.3) is 0 Å². The van der Waals surface area contributed by atoms with E-state index in [0.717, 1.165) is 23.1 Å². The molecule has 0 radical (unpaired) electrons. The molecule has 0 aliphatic carbocycles. The van der Waals surface area contributed by atoms with Crippen molar-refractivity contribution in [1.82, 2.24) is 0 Å². The van der Waals surface area contributed by atoms with Crippen molar-refractivity contribution in [3.8, 4) is 40.2 Å². The van der Waals surface area contributed by atoms with Gasteiger partial charge in [0.1, 0.15) is 11.5 Å². The first-order chi connectivity index (χ1) is 17.0. The Balaban J connectivity index is 1.60. The topological polar surface area (TPSA) is 88.4 Å². The fraction of sp³-hybridized carbons (Fsp3) is 0.172. The van der Waals surface area contributed by atoms with Crippen molar-refractivity contribution in [3.63, 3.8) is 0 Å². The Labute approximate surface area is 203 Å². The van der Waals surface area contributed by atoms with Gasteiger partial charge in [-0.25, -0.2) is 0 Å². The van der Waals surface area contributed by atoms with Gasteiger partial charge in [0.2, 0.25) is 5.75 Å². The van der Waals surface area contributed by atoms with E-state index in [4.69, 9.17) is 14.2 Å². The predicted octanol–water partition coefficient (Wildman–Crippen LogP) is 6.42. The maximum atomic E-state index is 10.5. The number of phenolic OH excluding ortho intramolecular Hbond substituents is 3. The lowest BCUT2D eigenvalue weighted by Gasteiger charge is -2.19. The normalized spacial score (nSPS) is 15.3. The summed E-state index contributed by atoms with van der Waals surface area (Å²) in [5, 5.41) is 31.3. The van der Waals surface area contributed by atoms with E-state index in [2.05, 4.69) is 0 Å². The Hall–Kier alpha value is -4.16. The van der Waals surface area contributed by atoms with Gasteiger partial charge < -0.3 is 29.5 Å². The number of aryl methyl sites for hydroxylation is 2. The van der Waals surface area contributed by atoms with E-state index >= 15 is 0 Å². The van der Waals surface area contributed by atoms with E-state index in [-0.39, 0.29) is 23.0 Å². The first kappa shape index (κ1) is 22.6. The lowest BCUT2D eigenvalue weighted by molar-refractivity contribution is 0.103. The van der Waals surface area contributed by atoms with E-state index in [9.17, 15) is 15.3 Å². The van der Waals surface area contributed by atoms with Crippen LogP contribution in [-0.4, -0.2) is 22.4 Å². The second kappa shape index (κ2) is 9.60. The van der Waals surface area contributed by atoms with Gasteiger partial charge in [-0.05, 0) is 77.6 Å². The quantitative estimate of drug-likeness (QED) is 0.278. The van der Waals surface area contributed by atoms with E-state index < -0.39 is 6.10 Å². The van der Waals surface area contributed by atoms with Crippen LogP contribution >= 0.6 is 0 Å². The number of para-hydroxylation sites is 1. The van der Waals surface area contributed by atoms with Gasteiger partial charge >= 0.3 is 0 Å². The molecule has 2 heterocycles. The predicted molar refractivity (Wildman–Crippen MR) is 132 cm³/mol. The van der Waals surface area contributed by atoms with Crippen molar-refractivity contribution in [2.24, 2.45) is 0 Å². The second-order valence-corrected chi connectivity index (χ2v) is 8.58. The fourth-order valence-corrected chi connectivity index (χ4v) is 4.30. The average Bonchev–Trinajstić information content (AvgIpc) is 2.86. The summed E-state index contributed by atoms with van der Waals surface area (Å²) in [5.74, 6) is 1.21. The van der Waals surface area contributed by atoms with Gasteiger partial charge in [-0.1, -0.05) is 36.4 Å². The van der Waals surface area contributed by atoms with Gasteiger partial charge in [-0.15, -0.1) is 0 Å². The number of ether oxygens (including phenoxy) is 3. The first-order valence-electron chi connectivity index (χ1n) is 11.4. The summed E-state index contributed by atoms with van der Waals surface area (Å²) in [6, 6.07) is 23.7. The molecule has 6 rings (SSSR count). The number of hydrogen-bond donors (Lipinski definition) is 3. The van der Waals surface area contributed by atoms with Crippen LogP contribution in [0.5, 0.6) is 40.2 Å². The zero-order valence-electron chi connectivity index (χ0n) is 19.3. The molecule has 0 saturated carbocycles. The van der Waals surface area contributed by atoms with Crippen molar-refractivity contribution >= 4 is 0 Å². The molecular formula is C29H26O6. The highest BCUT2D eigenvalue weighted by molar-refractivity contribution is 5.54. The Morgan fingerprint density at radius 1 is 0.743 bits per heavy atom. The summed E-state index contributed by atoms with van der Waals surface area (Å²) in [7, 11) is 1.59. The third-order valence-electron chi connectivity index (χ3n) is 6.18. The van der Waals surface area contributed by atoms with Crippen LogP contribution in [0, 0.1) is 0 Å². The highest BCUT2D eigenvalue weighted by Crippen LogP contribution is 2.42. The Morgan fingerprint density at radius 2 is 1.54 bits per heavy atom. The summed E-state index contributed by atoms with van der Waals surface area (Å²) in [5.41, 5.74) is 3.58. The van der Waals surface area contributed by atoms with Crippen LogP contribution in [0.4, 0.5) is 0 Å². The van der Waals surface area contributed by atoms with Crippen LogP contribution in [0.1, 0.15) is 28.4 Å². The molecule has 4 aromatic carbocycles. The number of hydrogen-bond acceptors (Lipinski definition) is 6. The van der Waals surface area contributed by atoms with E-state index in [1.54, 1.807) is 19.2 Å². The van der Waals surface area contributed by atoms with E-state index in [1.807, 2.05) is 60.7 Å². The molecule has 6 heteroatoms. The third kappa shape index (κ3) is 4.88. The van der Waals surface area contributed by atoms with Crippen LogP contribution in [0.15, 0.2) is 78.9 Å². The minimum atomic E-state index is -0.416. The summed E-state index contributed by atoms with van der Waals surface area (Å²) >= 11 is 0. The van der Waals surface area contributed by atoms with Crippen LogP contribution < -0.4 is 9.47 Å². The highest BCUT2D eigenvalue weighted by Gasteiger charge is 2.19. The molecule has 6 nitrogen and oxygen atoms in total. The van der Waals surface area contributed by atoms with E-state index in [0.29, 0.717) is 35.7 Å². The smallest absolute Gasteiger partial charge is 0.201 e. The Bertz CT molecular complexity index is 1350. The molecule has 4 aromatic rings. The van der Waals surface area contributed by atoms with E-state index in [1.165, 1.54) is 6.07 Å². The molecule has 35 heavy (non-hydrogen) atoms. The molecule has 3 N–H and O–H groups in total. The number of fused-ring (bicyclic) bond motifs is 4. The first-order valence-corrected chi connectivity index (χ1v) is 11.4. The molecule has 2 aliphatic heterocycles. The van der Waals surface area contributed by atoms with Crippen molar-refractivity contribution in [2.45, 2.75) is 25.4 Å². The monoisotopic (exact) mass is 470 g/mol. The van der Waals surface area contributed by atoms with Crippen LogP contribution in [0.3, 0.4) is 0 Å². The standard InChI is InChI=1S/C29H26O6/c1-33-26-15-19-4-2-6-23(14-19)35-29-20(5-3-7-24(29)30)11-8-18-9-12-22(13-10-18)34-27-17-21(26)16-25(31)28(27)32/h2-7,9-10,12-14,16-17,26,30-32H,8,11,15H2,1H3/t26-/m0/s1. The lowest BCUT2D eigenvalue weighted by Crippen LogP contribution is -2.06. The molecule has 178 valence electrons. The summed E-state index contributed by atoms with van der Waals surface area (Å²) in [6.07, 6.45) is 1.48. The second-order valence-electron chi connectivity index (χ2n) is 8.58. The van der Waals surface area contributed by atoms with Crippen LogP contribution in [-0.2, 0) is 24.0 Å². The Morgan fingerprint density at radius 3 is 2.34 bits per heavy atom. The number of benzene rings is 4. The van der Waals surface area contributed by atoms with Crippen LogP contribution in [0.25, 0.3) is 0 Å². The molecular weight excluding hydrogens is 444 g/mol.